The maximum Gasteiger partial charge on any atom is 0.250 e. The highest BCUT2D eigenvalue weighted by Gasteiger charge is 2.14. The molecule has 0 radical (unpaired) electrons. The Hall–Kier alpha value is -2.74. The van der Waals surface area contributed by atoms with E-state index in [1.807, 2.05) is 0 Å². The van der Waals surface area contributed by atoms with Crippen molar-refractivity contribution in [1.82, 2.24) is 4.98 Å². The summed E-state index contributed by atoms with van der Waals surface area (Å²) in [4.78, 5) is 28.4. The fraction of sp³-hybridized carbons (Fsp3) is 0.133. The van der Waals surface area contributed by atoms with Crippen molar-refractivity contribution in [3.05, 3.63) is 52.7 Å². The van der Waals surface area contributed by atoms with Gasteiger partial charge < -0.3 is 16.0 Å². The van der Waals surface area contributed by atoms with Crippen LogP contribution in [0, 0.1) is 11.6 Å². The Morgan fingerprint density at radius 1 is 1.25 bits per heavy atom. The predicted octanol–water partition coefficient (Wildman–Crippen LogP) is 2.19. The molecule has 0 atom stereocenters. The maximum atomic E-state index is 13.1. The number of nitrogens with two attached hydrogens (primary N) is 1. The lowest BCUT2D eigenvalue weighted by molar-refractivity contribution is -0.114. The van der Waals surface area contributed by atoms with Crippen LogP contribution in [0.3, 0.4) is 0 Å². The van der Waals surface area contributed by atoms with Gasteiger partial charge in [-0.05, 0) is 18.2 Å². The van der Waals surface area contributed by atoms with Gasteiger partial charge in [0.05, 0.1) is 17.1 Å². The summed E-state index contributed by atoms with van der Waals surface area (Å²) in [6.07, 6.45) is 1.24. The zero-order valence-corrected chi connectivity index (χ0v) is 13.3. The number of anilines is 2. The molecule has 24 heavy (non-hydrogen) atoms. The lowest BCUT2D eigenvalue weighted by Gasteiger charge is -2.19. The number of hydrogen-bond donors (Lipinski definition) is 2. The lowest BCUT2D eigenvalue weighted by Crippen LogP contribution is -2.31. The van der Waals surface area contributed by atoms with Crippen molar-refractivity contribution in [2.24, 2.45) is 5.73 Å². The van der Waals surface area contributed by atoms with Crippen molar-refractivity contribution in [2.75, 3.05) is 23.8 Å². The summed E-state index contributed by atoms with van der Waals surface area (Å²) in [6.45, 7) is -0.180. The molecule has 2 amide bonds. The quantitative estimate of drug-likeness (QED) is 0.861. The second kappa shape index (κ2) is 7.22. The minimum atomic E-state index is -0.801. The fourth-order valence-electron chi connectivity index (χ4n) is 1.96. The van der Waals surface area contributed by atoms with Crippen molar-refractivity contribution >= 4 is 34.9 Å². The highest BCUT2D eigenvalue weighted by Crippen LogP contribution is 2.23. The third-order valence-electron chi connectivity index (χ3n) is 2.99. The molecule has 1 aromatic carbocycles. The highest BCUT2D eigenvalue weighted by molar-refractivity contribution is 6.33. The van der Waals surface area contributed by atoms with E-state index in [1.54, 1.807) is 7.05 Å². The van der Waals surface area contributed by atoms with Crippen molar-refractivity contribution in [2.45, 2.75) is 0 Å². The number of nitrogens with zero attached hydrogens (tertiary/aromatic N) is 2. The number of aromatic nitrogens is 1. The molecule has 0 spiro atoms. The van der Waals surface area contributed by atoms with Gasteiger partial charge >= 0.3 is 0 Å². The summed E-state index contributed by atoms with van der Waals surface area (Å²) < 4.78 is 26.2. The molecule has 9 heteroatoms. The average molecular weight is 355 g/mol. The number of amides is 2. The molecule has 0 aliphatic carbocycles. The Balaban J connectivity index is 2.07. The molecule has 0 saturated carbocycles. The third kappa shape index (κ3) is 4.39. The molecular formula is C15H13ClF2N4O2. The smallest absolute Gasteiger partial charge is 0.250 e. The van der Waals surface area contributed by atoms with Gasteiger partial charge in [-0.2, -0.15) is 0 Å². The number of nitrogens with one attached hydrogen (secondary N) is 1. The van der Waals surface area contributed by atoms with E-state index in [4.69, 9.17) is 17.3 Å². The molecule has 3 N–H and O–H groups in total. The first-order valence-corrected chi connectivity index (χ1v) is 7.06. The first-order chi connectivity index (χ1) is 11.3. The van der Waals surface area contributed by atoms with Gasteiger partial charge in [-0.15, -0.1) is 0 Å². The Morgan fingerprint density at radius 3 is 2.42 bits per heavy atom. The van der Waals surface area contributed by atoms with Crippen LogP contribution < -0.4 is 16.0 Å². The minimum absolute atomic E-state index is 0.00553. The minimum Gasteiger partial charge on any atom is -0.366 e. The molecular weight excluding hydrogens is 342 g/mol. The van der Waals surface area contributed by atoms with Gasteiger partial charge in [-0.3, -0.25) is 9.59 Å². The molecule has 0 unspecified atom stereocenters. The number of pyridine rings is 1. The van der Waals surface area contributed by atoms with Crippen LogP contribution >= 0.6 is 11.6 Å². The van der Waals surface area contributed by atoms with Crippen LogP contribution in [0.15, 0.2) is 30.5 Å². The SMILES string of the molecule is CN(CC(=O)Nc1cc(F)cc(F)c1)c1ncc(C(N)=O)cc1Cl. The lowest BCUT2D eigenvalue weighted by atomic mass is 10.2. The molecule has 2 rings (SSSR count). The molecule has 126 valence electrons. The number of halogens is 3. The summed E-state index contributed by atoms with van der Waals surface area (Å²) in [7, 11) is 1.55. The molecule has 0 aliphatic rings. The van der Waals surface area contributed by atoms with Crippen molar-refractivity contribution < 1.29 is 18.4 Å². The van der Waals surface area contributed by atoms with Crippen LogP contribution in [0.5, 0.6) is 0 Å². The Morgan fingerprint density at radius 2 is 1.88 bits per heavy atom. The van der Waals surface area contributed by atoms with Crippen LogP contribution in [0.2, 0.25) is 5.02 Å². The van der Waals surface area contributed by atoms with Gasteiger partial charge in [0.15, 0.2) is 0 Å². The topological polar surface area (TPSA) is 88.3 Å². The van der Waals surface area contributed by atoms with Gasteiger partial charge in [0.1, 0.15) is 17.5 Å². The van der Waals surface area contributed by atoms with E-state index in [-0.39, 0.29) is 28.6 Å². The van der Waals surface area contributed by atoms with E-state index in [1.165, 1.54) is 17.2 Å². The molecule has 0 saturated heterocycles. The molecule has 0 bridgehead atoms. The Labute approximate surface area is 141 Å². The second-order valence-electron chi connectivity index (χ2n) is 4.96. The fourth-order valence-corrected chi connectivity index (χ4v) is 2.27. The van der Waals surface area contributed by atoms with E-state index in [0.717, 1.165) is 12.1 Å². The molecule has 0 fully saturated rings. The number of carbonyl (C=O) groups excluding carboxylic acids is 2. The monoisotopic (exact) mass is 354 g/mol. The molecule has 2 aromatic rings. The van der Waals surface area contributed by atoms with Gasteiger partial charge in [0, 0.05) is 25.0 Å². The van der Waals surface area contributed by atoms with E-state index >= 15 is 0 Å². The van der Waals surface area contributed by atoms with Crippen LogP contribution in [0.25, 0.3) is 0 Å². The van der Waals surface area contributed by atoms with Crippen molar-refractivity contribution in [1.29, 1.82) is 0 Å². The number of primary amides is 1. The van der Waals surface area contributed by atoms with Gasteiger partial charge in [-0.1, -0.05) is 11.6 Å². The van der Waals surface area contributed by atoms with Crippen molar-refractivity contribution in [3.63, 3.8) is 0 Å². The molecule has 0 aliphatic heterocycles. The number of carbonyl (C=O) groups is 2. The molecule has 6 nitrogen and oxygen atoms in total. The summed E-state index contributed by atoms with van der Waals surface area (Å²) in [5.41, 5.74) is 5.25. The van der Waals surface area contributed by atoms with Crippen LogP contribution in [0.4, 0.5) is 20.3 Å². The highest BCUT2D eigenvalue weighted by atomic mass is 35.5. The number of benzene rings is 1. The van der Waals surface area contributed by atoms with Gasteiger partial charge in [0.2, 0.25) is 11.8 Å². The Bertz CT molecular complexity index is 781. The molecule has 1 heterocycles. The number of hydrogen-bond acceptors (Lipinski definition) is 4. The van der Waals surface area contributed by atoms with E-state index in [9.17, 15) is 18.4 Å². The zero-order valence-electron chi connectivity index (χ0n) is 12.5. The third-order valence-corrected chi connectivity index (χ3v) is 3.27. The van der Waals surface area contributed by atoms with Crippen molar-refractivity contribution in [3.8, 4) is 0 Å². The van der Waals surface area contributed by atoms with E-state index < -0.39 is 23.4 Å². The molecule has 1 aromatic heterocycles. The summed E-state index contributed by atoms with van der Waals surface area (Å²) in [5, 5.41) is 2.51. The Kier molecular flexibility index (Phi) is 5.30. The van der Waals surface area contributed by atoms with E-state index in [0.29, 0.717) is 6.07 Å². The predicted molar refractivity (Wildman–Crippen MR) is 86.0 cm³/mol. The average Bonchev–Trinajstić information content (AvgIpc) is 2.45. The van der Waals surface area contributed by atoms with Crippen LogP contribution in [-0.2, 0) is 4.79 Å². The van der Waals surface area contributed by atoms with Gasteiger partial charge in [-0.25, -0.2) is 13.8 Å². The van der Waals surface area contributed by atoms with Crippen LogP contribution in [0.1, 0.15) is 10.4 Å². The standard InChI is InChI=1S/C15H13ClF2N4O2/c1-22(15-12(16)2-8(6-20-15)14(19)24)7-13(23)21-11-4-9(17)3-10(18)5-11/h2-6H,7H2,1H3,(H2,19,24)(H,21,23). The first kappa shape index (κ1) is 17.6. The van der Waals surface area contributed by atoms with Crippen LogP contribution in [-0.4, -0.2) is 30.4 Å². The van der Waals surface area contributed by atoms with Gasteiger partial charge in [0.25, 0.3) is 0 Å². The summed E-state index contributed by atoms with van der Waals surface area (Å²) in [6, 6.07) is 4.02. The zero-order chi connectivity index (χ0) is 17.9. The summed E-state index contributed by atoms with van der Waals surface area (Å²) in [5.74, 6) is -2.55. The summed E-state index contributed by atoms with van der Waals surface area (Å²) >= 11 is 6.01. The number of likely N-dealkylation sites (N-methyl/N-ethyl adjacent to an activating group) is 1. The largest absolute Gasteiger partial charge is 0.366 e. The first-order valence-electron chi connectivity index (χ1n) is 6.68. The maximum absolute atomic E-state index is 13.1. The second-order valence-corrected chi connectivity index (χ2v) is 5.36. The number of rotatable bonds is 5. The normalized spacial score (nSPS) is 10.3. The van der Waals surface area contributed by atoms with E-state index in [2.05, 4.69) is 10.3 Å².